The highest BCUT2D eigenvalue weighted by molar-refractivity contribution is 7.15. The summed E-state index contributed by atoms with van der Waals surface area (Å²) in [5.41, 5.74) is 4.16. The highest BCUT2D eigenvalue weighted by Gasteiger charge is 2.15. The SMILES string of the molecule is CCCCOc1ccc(-c2nn(-c3ccccc3)cc2/C=c2\sc3nc(-c4ccccc4)nn3c2=O)cc1. The molecule has 0 unspecified atom stereocenters. The van der Waals surface area contributed by atoms with Crippen molar-refractivity contribution < 1.29 is 4.74 Å². The Hall–Kier alpha value is -4.56. The molecular weight excluding hydrogens is 494 g/mol. The van der Waals surface area contributed by atoms with E-state index in [0.717, 1.165) is 46.7 Å². The maximum atomic E-state index is 13.3. The molecular formula is C30H25N5O2S. The summed E-state index contributed by atoms with van der Waals surface area (Å²) in [6.45, 7) is 2.84. The number of ether oxygens (including phenoxy) is 1. The maximum absolute atomic E-state index is 13.3. The van der Waals surface area contributed by atoms with Crippen molar-refractivity contribution in [3.05, 3.63) is 112 Å². The Morgan fingerprint density at radius 3 is 2.34 bits per heavy atom. The second-order valence-electron chi connectivity index (χ2n) is 8.85. The van der Waals surface area contributed by atoms with Gasteiger partial charge >= 0.3 is 0 Å². The minimum atomic E-state index is -0.197. The van der Waals surface area contributed by atoms with Crippen molar-refractivity contribution in [2.45, 2.75) is 19.8 Å². The lowest BCUT2D eigenvalue weighted by Gasteiger charge is -2.06. The third-order valence-corrected chi connectivity index (χ3v) is 7.12. The molecule has 3 aromatic carbocycles. The molecule has 0 radical (unpaired) electrons. The number of benzene rings is 3. The van der Waals surface area contributed by atoms with Crippen LogP contribution in [0.15, 0.2) is 95.9 Å². The second kappa shape index (κ2) is 10.4. The van der Waals surface area contributed by atoms with Gasteiger partial charge in [-0.3, -0.25) is 4.79 Å². The molecule has 3 heterocycles. The first kappa shape index (κ1) is 23.8. The predicted octanol–water partition coefficient (Wildman–Crippen LogP) is 5.40. The predicted molar refractivity (Wildman–Crippen MR) is 151 cm³/mol. The van der Waals surface area contributed by atoms with Gasteiger partial charge in [-0.15, -0.1) is 5.10 Å². The molecule has 0 saturated carbocycles. The fourth-order valence-electron chi connectivity index (χ4n) is 4.16. The molecule has 0 aliphatic rings. The first-order valence-electron chi connectivity index (χ1n) is 12.5. The van der Waals surface area contributed by atoms with E-state index in [4.69, 9.17) is 9.84 Å². The zero-order valence-electron chi connectivity index (χ0n) is 20.8. The molecule has 0 N–H and O–H groups in total. The van der Waals surface area contributed by atoms with Crippen molar-refractivity contribution in [2.24, 2.45) is 0 Å². The van der Waals surface area contributed by atoms with Crippen LogP contribution in [0.3, 0.4) is 0 Å². The average molecular weight is 520 g/mol. The topological polar surface area (TPSA) is 74.3 Å². The van der Waals surface area contributed by atoms with Gasteiger partial charge in [0.15, 0.2) is 5.82 Å². The highest BCUT2D eigenvalue weighted by atomic mass is 32.1. The molecule has 0 fully saturated rings. The molecule has 6 aromatic rings. The van der Waals surface area contributed by atoms with Crippen molar-refractivity contribution in [2.75, 3.05) is 6.61 Å². The number of nitrogens with zero attached hydrogens (tertiary/aromatic N) is 5. The third-order valence-electron chi connectivity index (χ3n) is 6.16. The van der Waals surface area contributed by atoms with Gasteiger partial charge < -0.3 is 4.74 Å². The van der Waals surface area contributed by atoms with Crippen LogP contribution < -0.4 is 14.8 Å². The van der Waals surface area contributed by atoms with E-state index in [1.54, 1.807) is 0 Å². The summed E-state index contributed by atoms with van der Waals surface area (Å²) in [5.74, 6) is 1.37. The van der Waals surface area contributed by atoms with Crippen LogP contribution in [0.25, 0.3) is 39.4 Å². The number of unbranched alkanes of at least 4 members (excludes halogenated alkanes) is 1. The zero-order valence-corrected chi connectivity index (χ0v) is 21.6. The number of thiazole rings is 1. The molecule has 8 heteroatoms. The van der Waals surface area contributed by atoms with Gasteiger partial charge in [0.25, 0.3) is 5.56 Å². The van der Waals surface area contributed by atoms with Crippen LogP contribution in [0.4, 0.5) is 0 Å². The van der Waals surface area contributed by atoms with Gasteiger partial charge in [0.1, 0.15) is 11.4 Å². The highest BCUT2D eigenvalue weighted by Crippen LogP contribution is 2.27. The van der Waals surface area contributed by atoms with Crippen LogP contribution >= 0.6 is 11.3 Å². The maximum Gasteiger partial charge on any atom is 0.291 e. The second-order valence-corrected chi connectivity index (χ2v) is 9.86. The van der Waals surface area contributed by atoms with E-state index in [0.29, 0.717) is 21.9 Å². The van der Waals surface area contributed by atoms with E-state index in [-0.39, 0.29) is 5.56 Å². The van der Waals surface area contributed by atoms with Gasteiger partial charge in [-0.1, -0.05) is 73.2 Å². The molecule has 188 valence electrons. The fourth-order valence-corrected chi connectivity index (χ4v) is 5.06. The number of hydrogen-bond acceptors (Lipinski definition) is 6. The average Bonchev–Trinajstić information content (AvgIpc) is 3.65. The Kier molecular flexibility index (Phi) is 6.54. The van der Waals surface area contributed by atoms with Gasteiger partial charge in [-0.05, 0) is 48.9 Å². The Labute approximate surface area is 223 Å². The van der Waals surface area contributed by atoms with E-state index < -0.39 is 0 Å². The van der Waals surface area contributed by atoms with E-state index >= 15 is 0 Å². The standard InChI is InChI=1S/C30H25N5O2S/c1-2-3-18-37-25-16-14-21(15-17-25)27-23(20-34(32-27)24-12-8-5-9-13-24)19-26-29(36)35-30(38-26)31-28(33-35)22-10-6-4-7-11-22/h4-17,19-20H,2-3,18H2,1H3/b26-19-. The van der Waals surface area contributed by atoms with Gasteiger partial charge in [0, 0.05) is 22.9 Å². The summed E-state index contributed by atoms with van der Waals surface area (Å²) in [6.07, 6.45) is 5.93. The first-order chi connectivity index (χ1) is 18.7. The number of aromatic nitrogens is 5. The van der Waals surface area contributed by atoms with Crippen molar-refractivity contribution in [1.82, 2.24) is 24.4 Å². The van der Waals surface area contributed by atoms with Gasteiger partial charge in [-0.25, -0.2) is 4.68 Å². The molecule has 38 heavy (non-hydrogen) atoms. The largest absolute Gasteiger partial charge is 0.494 e. The summed E-state index contributed by atoms with van der Waals surface area (Å²) < 4.78 is 9.59. The number of para-hydroxylation sites is 1. The lowest BCUT2D eigenvalue weighted by molar-refractivity contribution is 0.309. The van der Waals surface area contributed by atoms with Crippen molar-refractivity contribution in [3.63, 3.8) is 0 Å². The monoisotopic (exact) mass is 519 g/mol. The molecule has 6 rings (SSSR count). The normalized spacial score (nSPS) is 11.9. The van der Waals surface area contributed by atoms with Gasteiger partial charge in [-0.2, -0.15) is 14.6 Å². The van der Waals surface area contributed by atoms with E-state index in [1.165, 1.54) is 15.9 Å². The Morgan fingerprint density at radius 1 is 0.895 bits per heavy atom. The molecule has 0 atom stereocenters. The summed E-state index contributed by atoms with van der Waals surface area (Å²) in [4.78, 5) is 18.4. The number of rotatable bonds is 8. The summed E-state index contributed by atoms with van der Waals surface area (Å²) >= 11 is 1.32. The zero-order chi connectivity index (χ0) is 25.9. The van der Waals surface area contributed by atoms with Crippen LogP contribution in [0.5, 0.6) is 5.75 Å². The van der Waals surface area contributed by atoms with Gasteiger partial charge in [0.2, 0.25) is 4.96 Å². The van der Waals surface area contributed by atoms with Crippen molar-refractivity contribution >= 4 is 22.4 Å². The van der Waals surface area contributed by atoms with Crippen molar-refractivity contribution in [1.29, 1.82) is 0 Å². The van der Waals surface area contributed by atoms with Crippen LogP contribution in [0.2, 0.25) is 0 Å². The smallest absolute Gasteiger partial charge is 0.291 e. The molecule has 0 amide bonds. The lowest BCUT2D eigenvalue weighted by Crippen LogP contribution is -2.23. The van der Waals surface area contributed by atoms with E-state index in [1.807, 2.05) is 102 Å². The summed E-state index contributed by atoms with van der Waals surface area (Å²) in [7, 11) is 0. The Bertz CT molecular complexity index is 1790. The van der Waals surface area contributed by atoms with Crippen LogP contribution in [-0.4, -0.2) is 31.0 Å². The van der Waals surface area contributed by atoms with E-state index in [9.17, 15) is 4.79 Å². The number of hydrogen-bond donors (Lipinski definition) is 0. The summed E-state index contributed by atoms with van der Waals surface area (Å²) in [5, 5.41) is 9.35. The third kappa shape index (κ3) is 4.73. The molecule has 0 spiro atoms. The van der Waals surface area contributed by atoms with Crippen LogP contribution in [0.1, 0.15) is 25.3 Å². The van der Waals surface area contributed by atoms with Crippen LogP contribution in [-0.2, 0) is 0 Å². The molecule has 0 aliphatic heterocycles. The Balaban J connectivity index is 1.41. The van der Waals surface area contributed by atoms with Crippen molar-refractivity contribution in [3.8, 4) is 34.1 Å². The Morgan fingerprint density at radius 2 is 1.63 bits per heavy atom. The molecule has 0 saturated heterocycles. The fraction of sp³-hybridized carbons (Fsp3) is 0.133. The summed E-state index contributed by atoms with van der Waals surface area (Å²) in [6, 6.07) is 27.5. The minimum absolute atomic E-state index is 0.197. The van der Waals surface area contributed by atoms with Gasteiger partial charge in [0.05, 0.1) is 16.8 Å². The van der Waals surface area contributed by atoms with Crippen LogP contribution in [0, 0.1) is 0 Å². The lowest BCUT2D eigenvalue weighted by atomic mass is 10.1. The molecule has 0 aliphatic carbocycles. The number of fused-ring (bicyclic) bond motifs is 1. The minimum Gasteiger partial charge on any atom is -0.494 e. The molecule has 0 bridgehead atoms. The quantitative estimate of drug-likeness (QED) is 0.252. The molecule has 3 aromatic heterocycles. The first-order valence-corrected chi connectivity index (χ1v) is 13.4. The van der Waals surface area contributed by atoms with E-state index in [2.05, 4.69) is 17.0 Å². The molecule has 7 nitrogen and oxygen atoms in total.